The molecule has 2 heterocycles. The predicted molar refractivity (Wildman–Crippen MR) is 83.0 cm³/mol. The minimum atomic E-state index is 0.512. The fraction of sp³-hybridized carbons (Fsp3) is 0.471. The topological polar surface area (TPSA) is 28.7 Å². The molecule has 2 atom stereocenters. The third kappa shape index (κ3) is 2.45. The third-order valence-corrected chi connectivity index (χ3v) is 4.19. The molecular formula is C17H22N2O. The van der Waals surface area contributed by atoms with Crippen molar-refractivity contribution >= 4 is 16.7 Å². The van der Waals surface area contributed by atoms with Gasteiger partial charge in [0, 0.05) is 17.5 Å². The number of rotatable bonds is 2. The van der Waals surface area contributed by atoms with Crippen LogP contribution in [0.1, 0.15) is 45.8 Å². The number of hydrazone groups is 1. The highest BCUT2D eigenvalue weighted by Crippen LogP contribution is 2.24. The molecule has 3 heteroatoms. The Kier molecular flexibility index (Phi) is 3.51. The van der Waals surface area contributed by atoms with Gasteiger partial charge in [-0.05, 0) is 52.2 Å². The van der Waals surface area contributed by atoms with E-state index in [9.17, 15) is 0 Å². The second-order valence-electron chi connectivity index (χ2n) is 5.84. The lowest BCUT2D eigenvalue weighted by Crippen LogP contribution is -2.40. The van der Waals surface area contributed by atoms with Crippen molar-refractivity contribution in [2.24, 2.45) is 5.10 Å². The van der Waals surface area contributed by atoms with Gasteiger partial charge in [0.15, 0.2) is 5.76 Å². The van der Waals surface area contributed by atoms with E-state index in [2.05, 4.69) is 31.0 Å². The molecule has 1 saturated heterocycles. The van der Waals surface area contributed by atoms with E-state index in [0.29, 0.717) is 12.1 Å². The number of nitrogens with zero attached hydrogens (tertiary/aromatic N) is 2. The van der Waals surface area contributed by atoms with Crippen LogP contribution in [0.25, 0.3) is 11.0 Å². The fourth-order valence-electron chi connectivity index (χ4n) is 2.99. The molecule has 0 N–H and O–H groups in total. The summed E-state index contributed by atoms with van der Waals surface area (Å²) in [7, 11) is 0. The Morgan fingerprint density at radius 3 is 2.60 bits per heavy atom. The van der Waals surface area contributed by atoms with E-state index in [-0.39, 0.29) is 0 Å². The highest BCUT2D eigenvalue weighted by molar-refractivity contribution is 5.99. The molecule has 106 valence electrons. The summed E-state index contributed by atoms with van der Waals surface area (Å²) in [5, 5.41) is 8.20. The number of fused-ring (bicyclic) bond motifs is 1. The molecule has 1 aromatic heterocycles. The molecule has 3 nitrogen and oxygen atoms in total. The number of benzene rings is 1. The van der Waals surface area contributed by atoms with Gasteiger partial charge in [0.25, 0.3) is 0 Å². The van der Waals surface area contributed by atoms with Gasteiger partial charge in [0.05, 0.1) is 5.71 Å². The van der Waals surface area contributed by atoms with E-state index >= 15 is 0 Å². The molecule has 2 aromatic rings. The molecule has 0 unspecified atom stereocenters. The van der Waals surface area contributed by atoms with Gasteiger partial charge in [0.1, 0.15) is 5.58 Å². The lowest BCUT2D eigenvalue weighted by atomic mass is 10.00. The van der Waals surface area contributed by atoms with Gasteiger partial charge >= 0.3 is 0 Å². The molecule has 0 amide bonds. The van der Waals surface area contributed by atoms with E-state index < -0.39 is 0 Å². The van der Waals surface area contributed by atoms with E-state index in [1.54, 1.807) is 0 Å². The lowest BCUT2D eigenvalue weighted by molar-refractivity contribution is 0.108. The summed E-state index contributed by atoms with van der Waals surface area (Å²) in [6.07, 6.45) is 3.75. The van der Waals surface area contributed by atoms with Crippen molar-refractivity contribution in [3.63, 3.8) is 0 Å². The molecule has 0 saturated carbocycles. The number of para-hydroxylation sites is 1. The van der Waals surface area contributed by atoms with Crippen molar-refractivity contribution in [2.75, 3.05) is 0 Å². The lowest BCUT2D eigenvalue weighted by Gasteiger charge is -2.37. The first kappa shape index (κ1) is 13.2. The number of piperidine rings is 1. The monoisotopic (exact) mass is 270 g/mol. The van der Waals surface area contributed by atoms with Gasteiger partial charge in [-0.1, -0.05) is 18.2 Å². The quantitative estimate of drug-likeness (QED) is 0.756. The number of hydrogen-bond acceptors (Lipinski definition) is 3. The van der Waals surface area contributed by atoms with Crippen molar-refractivity contribution in [1.29, 1.82) is 0 Å². The smallest absolute Gasteiger partial charge is 0.151 e. The summed E-state index contributed by atoms with van der Waals surface area (Å²) >= 11 is 0. The second kappa shape index (κ2) is 5.31. The van der Waals surface area contributed by atoms with Crippen LogP contribution in [0.2, 0.25) is 0 Å². The third-order valence-electron chi connectivity index (χ3n) is 4.19. The summed E-state index contributed by atoms with van der Waals surface area (Å²) in [6, 6.07) is 11.2. The Bertz CT molecular complexity index is 586. The average Bonchev–Trinajstić information content (AvgIpc) is 2.87. The molecule has 1 fully saturated rings. The zero-order valence-electron chi connectivity index (χ0n) is 12.5. The van der Waals surface area contributed by atoms with Gasteiger partial charge in [-0.15, -0.1) is 0 Å². The van der Waals surface area contributed by atoms with Crippen LogP contribution in [0.3, 0.4) is 0 Å². The average molecular weight is 270 g/mol. The van der Waals surface area contributed by atoms with E-state index in [4.69, 9.17) is 9.52 Å². The van der Waals surface area contributed by atoms with Crippen LogP contribution in [0.5, 0.6) is 0 Å². The fourth-order valence-corrected chi connectivity index (χ4v) is 2.99. The molecule has 0 spiro atoms. The maximum Gasteiger partial charge on any atom is 0.151 e. The molecule has 20 heavy (non-hydrogen) atoms. The van der Waals surface area contributed by atoms with Crippen molar-refractivity contribution in [1.82, 2.24) is 5.01 Å². The maximum atomic E-state index is 5.88. The first-order valence-corrected chi connectivity index (χ1v) is 7.47. The first-order chi connectivity index (χ1) is 9.65. The van der Waals surface area contributed by atoms with Crippen LogP contribution < -0.4 is 0 Å². The van der Waals surface area contributed by atoms with Crippen molar-refractivity contribution in [2.45, 2.75) is 52.1 Å². The Morgan fingerprint density at radius 1 is 1.20 bits per heavy atom. The minimum Gasteiger partial charge on any atom is -0.455 e. The van der Waals surface area contributed by atoms with Crippen LogP contribution in [-0.4, -0.2) is 22.8 Å². The Hall–Kier alpha value is -1.77. The number of hydrogen-bond donors (Lipinski definition) is 0. The van der Waals surface area contributed by atoms with Crippen molar-refractivity contribution < 1.29 is 4.42 Å². The van der Waals surface area contributed by atoms with Crippen molar-refractivity contribution in [3.8, 4) is 0 Å². The van der Waals surface area contributed by atoms with Crippen LogP contribution in [0.4, 0.5) is 0 Å². The molecule has 1 aliphatic rings. The molecule has 0 bridgehead atoms. The summed E-state index contributed by atoms with van der Waals surface area (Å²) in [5.74, 6) is 0.871. The van der Waals surface area contributed by atoms with Crippen LogP contribution >= 0.6 is 0 Å². The van der Waals surface area contributed by atoms with Crippen LogP contribution in [0, 0.1) is 0 Å². The van der Waals surface area contributed by atoms with Crippen molar-refractivity contribution in [3.05, 3.63) is 36.1 Å². The van der Waals surface area contributed by atoms with Gasteiger partial charge in [-0.3, -0.25) is 5.01 Å². The summed E-state index contributed by atoms with van der Waals surface area (Å²) in [6.45, 7) is 6.54. The Morgan fingerprint density at radius 2 is 1.90 bits per heavy atom. The molecule has 1 aromatic carbocycles. The molecule has 0 radical (unpaired) electrons. The Balaban J connectivity index is 1.90. The molecule has 0 aliphatic carbocycles. The zero-order valence-corrected chi connectivity index (χ0v) is 12.5. The number of furan rings is 1. The second-order valence-corrected chi connectivity index (χ2v) is 5.84. The SMILES string of the molecule is C/C(=N/N1[C@@H](C)CCC[C@@H]1C)c1cc2ccccc2o1. The van der Waals surface area contributed by atoms with Crippen LogP contribution in [-0.2, 0) is 0 Å². The molecule has 1 aliphatic heterocycles. The highest BCUT2D eigenvalue weighted by atomic mass is 16.3. The van der Waals surface area contributed by atoms with E-state index in [1.807, 2.05) is 25.1 Å². The first-order valence-electron chi connectivity index (χ1n) is 7.47. The van der Waals surface area contributed by atoms with E-state index in [0.717, 1.165) is 22.4 Å². The van der Waals surface area contributed by atoms with Crippen LogP contribution in [0.15, 0.2) is 39.9 Å². The standard InChI is InChI=1S/C17H22N2O/c1-12-7-6-8-13(2)19(12)18-14(3)17-11-15-9-4-5-10-16(15)20-17/h4-5,9-13H,6-8H2,1-3H3/b18-14-/t12-,13-/m0/s1. The highest BCUT2D eigenvalue weighted by Gasteiger charge is 2.23. The predicted octanol–water partition coefficient (Wildman–Crippen LogP) is 4.42. The molecular weight excluding hydrogens is 248 g/mol. The van der Waals surface area contributed by atoms with E-state index in [1.165, 1.54) is 19.3 Å². The van der Waals surface area contributed by atoms with Gasteiger partial charge in [-0.2, -0.15) is 5.10 Å². The summed E-state index contributed by atoms with van der Waals surface area (Å²) < 4.78 is 5.88. The molecule has 3 rings (SSSR count). The summed E-state index contributed by atoms with van der Waals surface area (Å²) in [5.41, 5.74) is 1.89. The van der Waals surface area contributed by atoms with Gasteiger partial charge in [0.2, 0.25) is 0 Å². The van der Waals surface area contributed by atoms with Gasteiger partial charge in [-0.25, -0.2) is 0 Å². The summed E-state index contributed by atoms with van der Waals surface area (Å²) in [4.78, 5) is 0. The maximum absolute atomic E-state index is 5.88. The largest absolute Gasteiger partial charge is 0.455 e. The Labute approximate surface area is 120 Å². The zero-order chi connectivity index (χ0) is 14.1. The minimum absolute atomic E-state index is 0.512. The normalized spacial score (nSPS) is 24.4. The van der Waals surface area contributed by atoms with Gasteiger partial charge < -0.3 is 4.42 Å².